The summed E-state index contributed by atoms with van der Waals surface area (Å²) < 4.78 is 16.9. The van der Waals surface area contributed by atoms with E-state index >= 15 is 0 Å². The van der Waals surface area contributed by atoms with Crippen molar-refractivity contribution in [1.82, 2.24) is 15.2 Å². The normalized spacial score (nSPS) is 14.5. The Morgan fingerprint density at radius 1 is 0.929 bits per heavy atom. The smallest absolute Gasteiger partial charge is 0.273 e. The maximum Gasteiger partial charge on any atom is 0.273 e. The molecule has 0 aromatic heterocycles. The van der Waals surface area contributed by atoms with Gasteiger partial charge < -0.3 is 19.5 Å². The van der Waals surface area contributed by atoms with Crippen LogP contribution >= 0.6 is 0 Å². The number of imide groups is 1. The van der Waals surface area contributed by atoms with Gasteiger partial charge >= 0.3 is 0 Å². The summed E-state index contributed by atoms with van der Waals surface area (Å²) >= 11 is 0. The fourth-order valence-electron chi connectivity index (χ4n) is 4.96. The van der Waals surface area contributed by atoms with Crippen molar-refractivity contribution >= 4 is 23.4 Å². The molecular formula is C32H34N4O6. The molecule has 2 aliphatic rings. The molecule has 0 spiro atoms. The number of methoxy groups -OCH3 is 1. The van der Waals surface area contributed by atoms with Gasteiger partial charge in [0, 0.05) is 37.3 Å². The molecule has 10 nitrogen and oxygen atoms in total. The second kappa shape index (κ2) is 13.3. The number of hydrogen-bond acceptors (Lipinski definition) is 8. The third-order valence-electron chi connectivity index (χ3n) is 7.10. The van der Waals surface area contributed by atoms with Crippen molar-refractivity contribution in [3.05, 3.63) is 89.0 Å². The van der Waals surface area contributed by atoms with Crippen LogP contribution in [0.4, 0.5) is 0 Å². The number of fused-ring (bicyclic) bond motifs is 1. The molecule has 2 heterocycles. The van der Waals surface area contributed by atoms with Gasteiger partial charge in [0.25, 0.3) is 17.7 Å². The van der Waals surface area contributed by atoms with Gasteiger partial charge in [0.05, 0.1) is 30.6 Å². The van der Waals surface area contributed by atoms with Gasteiger partial charge in [-0.3, -0.25) is 19.3 Å². The lowest BCUT2D eigenvalue weighted by Gasteiger charge is -2.24. The standard InChI is InChI=1S/C32H34N4O6/c1-3-41-29-21-23(12-15-28(29)40-2)27-9-6-18-36(34-27)30(37)22-10-13-24(14-11-22)42-20-17-33-16-19-35-31(38)25-7-4-5-8-26(25)32(35)39/h4-5,7-8,10-15,21,33H,3,6,9,16-20H2,1-2H3. The zero-order chi connectivity index (χ0) is 29.5. The summed E-state index contributed by atoms with van der Waals surface area (Å²) in [4.78, 5) is 39.3. The van der Waals surface area contributed by atoms with Crippen LogP contribution in [-0.2, 0) is 0 Å². The van der Waals surface area contributed by atoms with Crippen LogP contribution in [0.15, 0.2) is 71.8 Å². The number of carbonyl (C=O) groups is 3. The van der Waals surface area contributed by atoms with Crippen LogP contribution in [-0.4, -0.2) is 79.8 Å². The molecule has 3 aromatic rings. The Labute approximate surface area is 244 Å². The van der Waals surface area contributed by atoms with E-state index < -0.39 is 0 Å². The van der Waals surface area contributed by atoms with E-state index in [0.29, 0.717) is 66.8 Å². The second-order valence-electron chi connectivity index (χ2n) is 9.81. The first-order valence-corrected chi connectivity index (χ1v) is 14.1. The minimum Gasteiger partial charge on any atom is -0.493 e. The Hall–Kier alpha value is -4.70. The number of ether oxygens (including phenoxy) is 3. The Kier molecular flexibility index (Phi) is 9.13. The third kappa shape index (κ3) is 6.28. The lowest BCUT2D eigenvalue weighted by Crippen LogP contribution is -2.37. The number of rotatable bonds is 12. The highest BCUT2D eigenvalue weighted by Gasteiger charge is 2.34. The first-order valence-electron chi connectivity index (χ1n) is 14.1. The summed E-state index contributed by atoms with van der Waals surface area (Å²) in [5.41, 5.74) is 3.16. The van der Waals surface area contributed by atoms with Gasteiger partial charge in [0.15, 0.2) is 11.5 Å². The van der Waals surface area contributed by atoms with Gasteiger partial charge in [-0.25, -0.2) is 5.01 Å². The van der Waals surface area contributed by atoms with Crippen LogP contribution in [0.5, 0.6) is 17.2 Å². The van der Waals surface area contributed by atoms with Crippen LogP contribution < -0.4 is 19.5 Å². The average molecular weight is 571 g/mol. The van der Waals surface area contributed by atoms with Gasteiger partial charge in [-0.2, -0.15) is 5.10 Å². The molecule has 10 heteroatoms. The van der Waals surface area contributed by atoms with Crippen molar-refractivity contribution in [3.8, 4) is 17.2 Å². The van der Waals surface area contributed by atoms with E-state index in [2.05, 4.69) is 10.4 Å². The first kappa shape index (κ1) is 28.8. The van der Waals surface area contributed by atoms with Gasteiger partial charge in [-0.05, 0) is 74.4 Å². The maximum absolute atomic E-state index is 13.2. The predicted molar refractivity (Wildman–Crippen MR) is 158 cm³/mol. The third-order valence-corrected chi connectivity index (χ3v) is 7.10. The van der Waals surface area contributed by atoms with E-state index in [-0.39, 0.29) is 24.3 Å². The number of nitrogens with one attached hydrogen (secondary N) is 1. The second-order valence-corrected chi connectivity index (χ2v) is 9.81. The monoisotopic (exact) mass is 570 g/mol. The van der Waals surface area contributed by atoms with E-state index in [9.17, 15) is 14.4 Å². The van der Waals surface area contributed by atoms with Crippen LogP contribution in [0, 0.1) is 0 Å². The topological polar surface area (TPSA) is 110 Å². The molecule has 0 radical (unpaired) electrons. The molecule has 0 atom stereocenters. The van der Waals surface area contributed by atoms with Crippen LogP contribution in [0.25, 0.3) is 0 Å². The number of amides is 3. The summed E-state index contributed by atoms with van der Waals surface area (Å²) in [6.45, 7) is 4.65. The van der Waals surface area contributed by atoms with Crippen molar-refractivity contribution < 1.29 is 28.6 Å². The van der Waals surface area contributed by atoms with Crippen LogP contribution in [0.2, 0.25) is 0 Å². The number of benzene rings is 3. The molecule has 0 bridgehead atoms. The van der Waals surface area contributed by atoms with E-state index in [1.165, 1.54) is 9.91 Å². The predicted octanol–water partition coefficient (Wildman–Crippen LogP) is 4.00. The van der Waals surface area contributed by atoms with Crippen molar-refractivity contribution in [1.29, 1.82) is 0 Å². The van der Waals surface area contributed by atoms with Crippen LogP contribution in [0.1, 0.15) is 56.4 Å². The van der Waals surface area contributed by atoms with Crippen molar-refractivity contribution in [3.63, 3.8) is 0 Å². The molecule has 2 aliphatic heterocycles. The summed E-state index contributed by atoms with van der Waals surface area (Å²) in [6, 6.07) is 19.5. The molecular weight excluding hydrogens is 536 g/mol. The molecule has 0 fully saturated rings. The zero-order valence-corrected chi connectivity index (χ0v) is 23.8. The average Bonchev–Trinajstić information content (AvgIpc) is 3.27. The van der Waals surface area contributed by atoms with E-state index in [4.69, 9.17) is 14.2 Å². The lowest BCUT2D eigenvalue weighted by atomic mass is 10.0. The van der Waals surface area contributed by atoms with Gasteiger partial charge in [0.2, 0.25) is 0 Å². The molecule has 0 saturated heterocycles. The summed E-state index contributed by atoms with van der Waals surface area (Å²) in [5.74, 6) is 1.25. The number of nitrogens with zero attached hydrogens (tertiary/aromatic N) is 3. The van der Waals surface area contributed by atoms with Crippen molar-refractivity contribution in [2.24, 2.45) is 5.10 Å². The van der Waals surface area contributed by atoms with Crippen molar-refractivity contribution in [2.45, 2.75) is 19.8 Å². The zero-order valence-electron chi connectivity index (χ0n) is 23.8. The lowest BCUT2D eigenvalue weighted by molar-refractivity contribution is 0.0654. The highest BCUT2D eigenvalue weighted by atomic mass is 16.5. The van der Waals surface area contributed by atoms with E-state index in [0.717, 1.165) is 24.1 Å². The van der Waals surface area contributed by atoms with E-state index in [1.807, 2.05) is 25.1 Å². The molecule has 3 aromatic carbocycles. The SMILES string of the molecule is CCOc1cc(C2=NN(C(=O)c3ccc(OCCNCCN4C(=O)c5ccccc5C4=O)cc3)CCC2)ccc1OC. The molecule has 0 aliphatic carbocycles. The molecule has 0 saturated carbocycles. The molecule has 42 heavy (non-hydrogen) atoms. The maximum atomic E-state index is 13.2. The Balaban J connectivity index is 1.09. The number of hydrazone groups is 1. The minimum atomic E-state index is -0.258. The largest absolute Gasteiger partial charge is 0.493 e. The summed E-state index contributed by atoms with van der Waals surface area (Å²) in [6.07, 6.45) is 1.57. The fourth-order valence-corrected chi connectivity index (χ4v) is 4.96. The van der Waals surface area contributed by atoms with Crippen LogP contribution in [0.3, 0.4) is 0 Å². The highest BCUT2D eigenvalue weighted by Crippen LogP contribution is 2.30. The Morgan fingerprint density at radius 3 is 2.36 bits per heavy atom. The number of hydrogen-bond donors (Lipinski definition) is 1. The molecule has 5 rings (SSSR count). The molecule has 3 amide bonds. The molecule has 0 unspecified atom stereocenters. The molecule has 218 valence electrons. The first-order chi connectivity index (χ1) is 20.5. The Bertz CT molecular complexity index is 1450. The minimum absolute atomic E-state index is 0.174. The van der Waals surface area contributed by atoms with Gasteiger partial charge in [-0.15, -0.1) is 0 Å². The number of carbonyl (C=O) groups excluding carboxylic acids is 3. The summed E-state index contributed by atoms with van der Waals surface area (Å²) in [5, 5.41) is 9.36. The van der Waals surface area contributed by atoms with Gasteiger partial charge in [0.1, 0.15) is 12.4 Å². The Morgan fingerprint density at radius 2 is 1.67 bits per heavy atom. The van der Waals surface area contributed by atoms with Crippen molar-refractivity contribution in [2.75, 3.05) is 46.5 Å². The quantitative estimate of drug-likeness (QED) is 0.259. The molecule has 1 N–H and O–H groups in total. The van der Waals surface area contributed by atoms with Gasteiger partial charge in [-0.1, -0.05) is 12.1 Å². The summed E-state index contributed by atoms with van der Waals surface area (Å²) in [7, 11) is 1.60. The fraction of sp³-hybridized carbons (Fsp3) is 0.312. The van der Waals surface area contributed by atoms with E-state index in [1.54, 1.807) is 55.6 Å². The highest BCUT2D eigenvalue weighted by molar-refractivity contribution is 6.21.